The molecule has 0 saturated heterocycles. The normalized spacial score (nSPS) is 23.6. The second-order valence-corrected chi connectivity index (χ2v) is 8.98. The average molecular weight is 494 g/mol. The zero-order valence-corrected chi connectivity index (χ0v) is 18.1. The minimum absolute atomic E-state index is 0.383. The second-order valence-electron chi connectivity index (χ2n) is 8.98. The molecule has 4 nitrogen and oxygen atoms in total. The van der Waals surface area contributed by atoms with Gasteiger partial charge in [-0.15, -0.1) is 0 Å². The summed E-state index contributed by atoms with van der Waals surface area (Å²) in [5.41, 5.74) is -1.48. The monoisotopic (exact) mass is 494 g/mol. The van der Waals surface area contributed by atoms with E-state index in [1.54, 1.807) is 0 Å². The lowest BCUT2D eigenvalue weighted by molar-refractivity contribution is -0.145. The molecule has 0 aromatic heterocycles. The maximum atomic E-state index is 12.6. The van der Waals surface area contributed by atoms with Crippen LogP contribution in [0.1, 0.15) is 41.5 Å². The Morgan fingerprint density at radius 3 is 1.23 bits per heavy atom. The van der Waals surface area contributed by atoms with Crippen LogP contribution in [0.2, 0.25) is 0 Å². The van der Waals surface area contributed by atoms with Gasteiger partial charge in [0.25, 0.3) is 0 Å². The van der Waals surface area contributed by atoms with Gasteiger partial charge in [0.2, 0.25) is 11.8 Å². The van der Waals surface area contributed by atoms with Crippen molar-refractivity contribution < 1.29 is 35.9 Å². The van der Waals surface area contributed by atoms with E-state index in [0.717, 1.165) is 24.3 Å². The molecule has 2 amide bonds. The first-order chi connectivity index (χ1) is 16.3. The van der Waals surface area contributed by atoms with E-state index >= 15 is 0 Å². The van der Waals surface area contributed by atoms with Crippen molar-refractivity contribution in [3.63, 3.8) is 0 Å². The molecule has 184 valence electrons. The van der Waals surface area contributed by atoms with Crippen LogP contribution in [0.5, 0.6) is 0 Å². The maximum absolute atomic E-state index is 12.6. The van der Waals surface area contributed by atoms with Crippen molar-refractivity contribution in [1.82, 2.24) is 10.6 Å². The highest BCUT2D eigenvalue weighted by Gasteiger charge is 2.69. The highest BCUT2D eigenvalue weighted by atomic mass is 19.4. The highest BCUT2D eigenvalue weighted by Crippen LogP contribution is 2.60. The van der Waals surface area contributed by atoms with Crippen LogP contribution in [0.4, 0.5) is 26.3 Å². The zero-order chi connectivity index (χ0) is 25.5. The quantitative estimate of drug-likeness (QED) is 0.420. The predicted octanol–water partition coefficient (Wildman–Crippen LogP) is 5.36. The first-order valence-electron chi connectivity index (χ1n) is 10.6. The largest absolute Gasteiger partial charge is 0.416 e. The van der Waals surface area contributed by atoms with Crippen LogP contribution in [0.15, 0.2) is 60.7 Å². The first-order valence-corrected chi connectivity index (χ1v) is 10.6. The molecule has 2 bridgehead atoms. The molecule has 2 aromatic rings. The third kappa shape index (κ3) is 5.58. The number of hydrogen-bond acceptors (Lipinski definition) is 2. The molecular formula is C25H20F6N2O2. The van der Waals surface area contributed by atoms with Gasteiger partial charge in [0.05, 0.1) is 11.1 Å². The molecule has 10 heteroatoms. The molecule has 0 spiro atoms. The van der Waals surface area contributed by atoms with Crippen molar-refractivity contribution in [3.05, 3.63) is 82.9 Å². The van der Waals surface area contributed by atoms with E-state index in [-0.39, 0.29) is 11.8 Å². The molecule has 0 atom stereocenters. The van der Waals surface area contributed by atoms with E-state index in [9.17, 15) is 35.9 Å². The standard InChI is InChI=1S/C25H20F6N2O2/c26-24(27,28)18-7-1-16(2-8-18)5-11-20(34)32-22-13-23(14-22,15-22)33-21(35)12-6-17-3-9-19(10-4-17)25(29,30)31/h1-12H,13-15H2,(H,32,34)(H,33,35)/b11-5+,12-6+. The van der Waals surface area contributed by atoms with Crippen molar-refractivity contribution in [2.24, 2.45) is 0 Å². The molecule has 3 fully saturated rings. The van der Waals surface area contributed by atoms with E-state index in [1.165, 1.54) is 48.6 Å². The fraction of sp³-hybridized carbons (Fsp3) is 0.280. The van der Waals surface area contributed by atoms with Gasteiger partial charge in [-0.1, -0.05) is 24.3 Å². The number of carbonyl (C=O) groups excluding carboxylic acids is 2. The van der Waals surface area contributed by atoms with Crippen LogP contribution in [-0.4, -0.2) is 22.9 Å². The molecule has 3 aliphatic carbocycles. The number of rotatable bonds is 6. The van der Waals surface area contributed by atoms with Crippen molar-refractivity contribution in [3.8, 4) is 0 Å². The van der Waals surface area contributed by atoms with Gasteiger partial charge < -0.3 is 10.6 Å². The Kier molecular flexibility index (Phi) is 6.02. The summed E-state index contributed by atoms with van der Waals surface area (Å²) >= 11 is 0. The van der Waals surface area contributed by atoms with Crippen molar-refractivity contribution in [2.75, 3.05) is 0 Å². The smallest absolute Gasteiger partial charge is 0.347 e. The molecule has 3 aliphatic rings. The Hall–Kier alpha value is -3.56. The molecular weight excluding hydrogens is 474 g/mol. The molecule has 0 unspecified atom stereocenters. The summed E-state index contributed by atoms with van der Waals surface area (Å²) in [6.45, 7) is 0. The van der Waals surface area contributed by atoms with E-state index in [1.807, 2.05) is 0 Å². The van der Waals surface area contributed by atoms with Crippen LogP contribution in [-0.2, 0) is 21.9 Å². The van der Waals surface area contributed by atoms with Crippen molar-refractivity contribution in [2.45, 2.75) is 42.7 Å². The van der Waals surface area contributed by atoms with E-state index < -0.39 is 34.6 Å². The highest BCUT2D eigenvalue weighted by molar-refractivity contribution is 5.94. The summed E-state index contributed by atoms with van der Waals surface area (Å²) in [5.74, 6) is -0.765. The number of hydrogen-bond donors (Lipinski definition) is 2. The number of alkyl halides is 6. The summed E-state index contributed by atoms with van der Waals surface area (Å²) in [5, 5.41) is 5.74. The van der Waals surface area contributed by atoms with Crippen molar-refractivity contribution >= 4 is 24.0 Å². The summed E-state index contributed by atoms with van der Waals surface area (Å²) in [6, 6.07) is 8.86. The van der Waals surface area contributed by atoms with Gasteiger partial charge in [-0.2, -0.15) is 26.3 Å². The van der Waals surface area contributed by atoms with Gasteiger partial charge in [0, 0.05) is 23.2 Å². The average Bonchev–Trinajstić information content (AvgIpc) is 2.73. The SMILES string of the molecule is O=C(/C=C/c1ccc(C(F)(F)F)cc1)NC12CC(NC(=O)/C=C/c3ccc(C(F)(F)F)cc3)(C1)C2. The lowest BCUT2D eigenvalue weighted by atomic mass is 9.44. The summed E-state index contributed by atoms with van der Waals surface area (Å²) < 4.78 is 75.6. The Balaban J connectivity index is 1.23. The molecule has 35 heavy (non-hydrogen) atoms. The topological polar surface area (TPSA) is 58.2 Å². The fourth-order valence-electron chi connectivity index (χ4n) is 4.57. The van der Waals surface area contributed by atoms with Gasteiger partial charge in [0.15, 0.2) is 0 Å². The maximum Gasteiger partial charge on any atom is 0.416 e. The Morgan fingerprint density at radius 1 is 0.629 bits per heavy atom. The van der Waals surface area contributed by atoms with Gasteiger partial charge in [-0.25, -0.2) is 0 Å². The van der Waals surface area contributed by atoms with E-state index in [0.29, 0.717) is 30.4 Å². The number of amides is 2. The van der Waals surface area contributed by atoms with Crippen molar-refractivity contribution in [1.29, 1.82) is 0 Å². The third-order valence-corrected chi connectivity index (χ3v) is 6.14. The Morgan fingerprint density at radius 2 is 0.943 bits per heavy atom. The molecule has 0 heterocycles. The van der Waals surface area contributed by atoms with Crippen LogP contribution in [0.25, 0.3) is 12.2 Å². The predicted molar refractivity (Wildman–Crippen MR) is 117 cm³/mol. The molecule has 0 radical (unpaired) electrons. The summed E-state index contributed by atoms with van der Waals surface area (Å²) in [4.78, 5) is 24.4. The number of carbonyl (C=O) groups is 2. The van der Waals surface area contributed by atoms with Gasteiger partial charge >= 0.3 is 12.4 Å². The molecule has 2 aromatic carbocycles. The first kappa shape index (κ1) is 24.6. The summed E-state index contributed by atoms with van der Waals surface area (Å²) in [6.07, 6.45) is -1.88. The van der Waals surface area contributed by atoms with Gasteiger partial charge in [0.1, 0.15) is 0 Å². The minimum atomic E-state index is -4.42. The van der Waals surface area contributed by atoms with Crippen LogP contribution >= 0.6 is 0 Å². The lowest BCUT2D eigenvalue weighted by Crippen LogP contribution is -2.83. The van der Waals surface area contributed by atoms with Crippen LogP contribution < -0.4 is 10.6 Å². The van der Waals surface area contributed by atoms with Gasteiger partial charge in [-0.05, 0) is 66.8 Å². The Bertz CT molecular complexity index is 1070. The number of nitrogens with one attached hydrogen (secondary N) is 2. The minimum Gasteiger partial charge on any atom is -0.347 e. The second kappa shape index (κ2) is 8.58. The fourth-order valence-corrected chi connectivity index (χ4v) is 4.57. The molecule has 0 aliphatic heterocycles. The molecule has 2 N–H and O–H groups in total. The molecule has 5 rings (SSSR count). The van der Waals surface area contributed by atoms with E-state index in [4.69, 9.17) is 0 Å². The zero-order valence-electron chi connectivity index (χ0n) is 18.1. The third-order valence-electron chi connectivity index (χ3n) is 6.14. The molecule has 3 saturated carbocycles. The van der Waals surface area contributed by atoms with E-state index in [2.05, 4.69) is 10.6 Å². The Labute approximate surface area is 196 Å². The van der Waals surface area contributed by atoms with Crippen LogP contribution in [0.3, 0.4) is 0 Å². The van der Waals surface area contributed by atoms with Gasteiger partial charge in [-0.3, -0.25) is 9.59 Å². The number of benzene rings is 2. The summed E-state index contributed by atoms with van der Waals surface area (Å²) in [7, 11) is 0. The lowest BCUT2D eigenvalue weighted by Gasteiger charge is -2.70. The number of halogens is 6. The van der Waals surface area contributed by atoms with Crippen LogP contribution in [0, 0.1) is 0 Å².